The van der Waals surface area contributed by atoms with Gasteiger partial charge in [-0.15, -0.1) is 23.2 Å². The minimum absolute atomic E-state index is 0.0164. The molecule has 0 heterocycles. The Kier molecular flexibility index (Phi) is 10.2. The molecule has 0 saturated carbocycles. The number of alkyl carbamates (subject to hydrolysis) is 1. The molecule has 0 fully saturated rings. The second kappa shape index (κ2) is 11.9. The van der Waals surface area contributed by atoms with Gasteiger partial charge in [0.25, 0.3) is 0 Å². The molecule has 0 aromatic heterocycles. The second-order valence-corrected chi connectivity index (χ2v) is 6.36. The summed E-state index contributed by atoms with van der Waals surface area (Å²) >= 11 is 11.7. The third-order valence-corrected chi connectivity index (χ3v) is 4.21. The molecule has 1 atom stereocenters. The number of anilines is 1. The first kappa shape index (κ1) is 22.4. The van der Waals surface area contributed by atoms with E-state index in [9.17, 15) is 9.59 Å². The molecule has 146 valence electrons. The minimum Gasteiger partial charge on any atom is -0.469 e. The van der Waals surface area contributed by atoms with Crippen LogP contribution in [0.3, 0.4) is 0 Å². The largest absolute Gasteiger partial charge is 0.469 e. The SMILES string of the molecule is CCOC(=O)NC(CC(=O)OC)c1ccc(N(CCCl)CCCl)cc1C. The molecular formula is C18H26Cl2N2O4. The monoisotopic (exact) mass is 404 g/mol. The van der Waals surface area contributed by atoms with E-state index < -0.39 is 18.1 Å². The molecule has 0 spiro atoms. The van der Waals surface area contributed by atoms with Gasteiger partial charge in [0.05, 0.1) is 26.2 Å². The van der Waals surface area contributed by atoms with Crippen molar-refractivity contribution in [1.29, 1.82) is 0 Å². The van der Waals surface area contributed by atoms with Gasteiger partial charge in [0.15, 0.2) is 0 Å². The van der Waals surface area contributed by atoms with Crippen LogP contribution in [0.15, 0.2) is 18.2 Å². The van der Waals surface area contributed by atoms with E-state index in [-0.39, 0.29) is 13.0 Å². The molecule has 1 aromatic carbocycles. The molecule has 0 bridgehead atoms. The highest BCUT2D eigenvalue weighted by atomic mass is 35.5. The Morgan fingerprint density at radius 1 is 1.23 bits per heavy atom. The average molecular weight is 405 g/mol. The lowest BCUT2D eigenvalue weighted by Crippen LogP contribution is -2.32. The van der Waals surface area contributed by atoms with Gasteiger partial charge in [-0.05, 0) is 37.1 Å². The fourth-order valence-electron chi connectivity index (χ4n) is 2.63. The van der Waals surface area contributed by atoms with E-state index in [1.54, 1.807) is 6.92 Å². The Morgan fingerprint density at radius 3 is 2.38 bits per heavy atom. The first-order valence-electron chi connectivity index (χ1n) is 8.44. The summed E-state index contributed by atoms with van der Waals surface area (Å²) in [5.41, 5.74) is 2.74. The molecule has 1 amide bonds. The molecule has 26 heavy (non-hydrogen) atoms. The van der Waals surface area contributed by atoms with Crippen molar-refractivity contribution in [3.8, 4) is 0 Å². The molecule has 1 unspecified atom stereocenters. The van der Waals surface area contributed by atoms with Crippen LogP contribution in [0.5, 0.6) is 0 Å². The molecule has 6 nitrogen and oxygen atoms in total. The second-order valence-electron chi connectivity index (χ2n) is 5.60. The van der Waals surface area contributed by atoms with Gasteiger partial charge in [-0.1, -0.05) is 6.07 Å². The van der Waals surface area contributed by atoms with Crippen LogP contribution in [0.4, 0.5) is 10.5 Å². The zero-order chi connectivity index (χ0) is 19.5. The Morgan fingerprint density at radius 2 is 1.88 bits per heavy atom. The highest BCUT2D eigenvalue weighted by Gasteiger charge is 2.21. The number of carbonyl (C=O) groups excluding carboxylic acids is 2. The van der Waals surface area contributed by atoms with Gasteiger partial charge in [-0.25, -0.2) is 4.79 Å². The number of nitrogens with zero attached hydrogens (tertiary/aromatic N) is 1. The quantitative estimate of drug-likeness (QED) is 0.476. The highest BCUT2D eigenvalue weighted by Crippen LogP contribution is 2.26. The van der Waals surface area contributed by atoms with Gasteiger partial charge in [0.2, 0.25) is 0 Å². The number of amides is 1. The summed E-state index contributed by atoms with van der Waals surface area (Å²) in [7, 11) is 1.32. The predicted octanol–water partition coefficient (Wildman–Crippen LogP) is 3.63. The third kappa shape index (κ3) is 6.92. The summed E-state index contributed by atoms with van der Waals surface area (Å²) in [6.45, 7) is 5.26. The Balaban J connectivity index is 3.08. The number of nitrogens with one attached hydrogen (secondary N) is 1. The molecule has 0 aliphatic heterocycles. The summed E-state index contributed by atoms with van der Waals surface area (Å²) in [5, 5.41) is 2.72. The Labute approximate surface area is 164 Å². The van der Waals surface area contributed by atoms with Gasteiger partial charge in [-0.3, -0.25) is 4.79 Å². The number of hydrogen-bond donors (Lipinski definition) is 1. The molecule has 1 aromatic rings. The molecule has 0 aliphatic carbocycles. The van der Waals surface area contributed by atoms with Crippen LogP contribution < -0.4 is 10.2 Å². The highest BCUT2D eigenvalue weighted by molar-refractivity contribution is 6.18. The van der Waals surface area contributed by atoms with E-state index in [4.69, 9.17) is 32.7 Å². The first-order chi connectivity index (χ1) is 12.5. The summed E-state index contributed by atoms with van der Waals surface area (Å²) in [6, 6.07) is 5.27. The molecule has 8 heteroatoms. The number of alkyl halides is 2. The van der Waals surface area contributed by atoms with Gasteiger partial charge >= 0.3 is 12.1 Å². The van der Waals surface area contributed by atoms with E-state index in [0.717, 1.165) is 16.8 Å². The Bertz CT molecular complexity index is 593. The Hall–Kier alpha value is -1.66. The maximum absolute atomic E-state index is 11.8. The topological polar surface area (TPSA) is 67.9 Å². The number of ether oxygens (including phenoxy) is 2. The van der Waals surface area contributed by atoms with Crippen molar-refractivity contribution in [3.05, 3.63) is 29.3 Å². The fraction of sp³-hybridized carbons (Fsp3) is 0.556. The molecule has 0 radical (unpaired) electrons. The standard InChI is InChI=1S/C18H26Cl2N2O4/c1-4-26-18(24)21-16(12-17(23)25-3)15-6-5-14(11-13(15)2)22(9-7-19)10-8-20/h5-6,11,16H,4,7-10,12H2,1-3H3,(H,21,24). The number of halogens is 2. The van der Waals surface area contributed by atoms with E-state index in [0.29, 0.717) is 24.8 Å². The van der Waals surface area contributed by atoms with Crippen molar-refractivity contribution in [3.63, 3.8) is 0 Å². The fourth-order valence-corrected chi connectivity index (χ4v) is 3.03. The number of rotatable bonds is 10. The van der Waals surface area contributed by atoms with Crippen LogP contribution in [-0.4, -0.2) is 50.6 Å². The van der Waals surface area contributed by atoms with Crippen molar-refractivity contribution in [2.75, 3.05) is 43.5 Å². The summed E-state index contributed by atoms with van der Waals surface area (Å²) in [4.78, 5) is 25.7. The molecule has 1 N–H and O–H groups in total. The lowest BCUT2D eigenvalue weighted by molar-refractivity contribution is -0.141. The zero-order valence-corrected chi connectivity index (χ0v) is 16.9. The van der Waals surface area contributed by atoms with Crippen LogP contribution in [0.25, 0.3) is 0 Å². The van der Waals surface area contributed by atoms with E-state index in [2.05, 4.69) is 10.2 Å². The predicted molar refractivity (Wildman–Crippen MR) is 104 cm³/mol. The van der Waals surface area contributed by atoms with E-state index >= 15 is 0 Å². The number of aryl methyl sites for hydroxylation is 1. The van der Waals surface area contributed by atoms with Crippen molar-refractivity contribution in [1.82, 2.24) is 5.32 Å². The van der Waals surface area contributed by atoms with E-state index in [1.165, 1.54) is 7.11 Å². The van der Waals surface area contributed by atoms with Gasteiger partial charge < -0.3 is 19.7 Å². The van der Waals surface area contributed by atoms with E-state index in [1.807, 2.05) is 25.1 Å². The zero-order valence-electron chi connectivity index (χ0n) is 15.4. The van der Waals surface area contributed by atoms with Crippen LogP contribution >= 0.6 is 23.2 Å². The van der Waals surface area contributed by atoms with Crippen LogP contribution in [0.1, 0.15) is 30.5 Å². The van der Waals surface area contributed by atoms with Crippen LogP contribution in [0, 0.1) is 6.92 Å². The number of esters is 1. The smallest absolute Gasteiger partial charge is 0.407 e. The molecule has 0 saturated heterocycles. The van der Waals surface area contributed by atoms with Crippen molar-refractivity contribution in [2.24, 2.45) is 0 Å². The number of benzene rings is 1. The summed E-state index contributed by atoms with van der Waals surface area (Å²) in [6.07, 6.45) is -0.557. The maximum Gasteiger partial charge on any atom is 0.407 e. The molecular weight excluding hydrogens is 379 g/mol. The number of carbonyl (C=O) groups is 2. The van der Waals surface area contributed by atoms with Crippen LogP contribution in [0.2, 0.25) is 0 Å². The van der Waals surface area contributed by atoms with Gasteiger partial charge in [-0.2, -0.15) is 0 Å². The minimum atomic E-state index is -0.573. The van der Waals surface area contributed by atoms with Gasteiger partial charge in [0, 0.05) is 30.5 Å². The number of hydrogen-bond acceptors (Lipinski definition) is 5. The van der Waals surface area contributed by atoms with Crippen molar-refractivity contribution in [2.45, 2.75) is 26.3 Å². The molecule has 1 rings (SSSR count). The van der Waals surface area contributed by atoms with Crippen molar-refractivity contribution >= 4 is 41.0 Å². The normalized spacial score (nSPS) is 11.6. The maximum atomic E-state index is 11.8. The third-order valence-electron chi connectivity index (χ3n) is 3.87. The lowest BCUT2D eigenvalue weighted by atomic mass is 9.98. The number of methoxy groups -OCH3 is 1. The van der Waals surface area contributed by atoms with Crippen molar-refractivity contribution < 1.29 is 19.1 Å². The average Bonchev–Trinajstić information content (AvgIpc) is 2.61. The first-order valence-corrected chi connectivity index (χ1v) is 9.51. The lowest BCUT2D eigenvalue weighted by Gasteiger charge is -2.25. The summed E-state index contributed by atoms with van der Waals surface area (Å²) < 4.78 is 9.68. The van der Waals surface area contributed by atoms with Gasteiger partial charge in [0.1, 0.15) is 0 Å². The molecule has 0 aliphatic rings. The summed E-state index contributed by atoms with van der Waals surface area (Å²) in [5.74, 6) is 0.571. The van der Waals surface area contributed by atoms with Crippen LogP contribution in [-0.2, 0) is 14.3 Å².